The van der Waals surface area contributed by atoms with Crippen LogP contribution in [-0.2, 0) is 13.2 Å². The van der Waals surface area contributed by atoms with Crippen molar-refractivity contribution in [3.8, 4) is 5.75 Å². The molecule has 0 aliphatic carbocycles. The van der Waals surface area contributed by atoms with E-state index in [1.807, 2.05) is 36.4 Å². The zero-order valence-corrected chi connectivity index (χ0v) is 17.6. The smallest absolute Gasteiger partial charge is 0.125 e. The number of halogens is 2. The highest BCUT2D eigenvalue weighted by molar-refractivity contribution is 6.35. The maximum Gasteiger partial charge on any atom is 0.125 e. The predicted molar refractivity (Wildman–Crippen MR) is 123 cm³/mol. The summed E-state index contributed by atoms with van der Waals surface area (Å²) in [6.45, 7) is 3.05. The van der Waals surface area contributed by atoms with Crippen molar-refractivity contribution in [2.24, 2.45) is 0 Å². The molecular formula is C25H21Cl2NO. The number of anilines is 1. The third-order valence-corrected chi connectivity index (χ3v) is 5.66. The lowest BCUT2D eigenvalue weighted by Crippen LogP contribution is -2.05. The van der Waals surface area contributed by atoms with E-state index in [-0.39, 0.29) is 0 Å². The molecule has 0 aliphatic heterocycles. The molecule has 2 nitrogen and oxygen atoms in total. The molecule has 4 heteroatoms. The van der Waals surface area contributed by atoms with E-state index in [2.05, 4.69) is 54.7 Å². The van der Waals surface area contributed by atoms with Gasteiger partial charge in [-0.25, -0.2) is 0 Å². The summed E-state index contributed by atoms with van der Waals surface area (Å²) in [5.74, 6) is 0.819. The maximum atomic E-state index is 6.31. The molecule has 4 aromatic rings. The van der Waals surface area contributed by atoms with E-state index >= 15 is 0 Å². The zero-order chi connectivity index (χ0) is 20.2. The number of fused-ring (bicyclic) bond motifs is 1. The van der Waals surface area contributed by atoms with Gasteiger partial charge in [-0.3, -0.25) is 0 Å². The van der Waals surface area contributed by atoms with Gasteiger partial charge in [0.05, 0.1) is 0 Å². The Balaban J connectivity index is 1.64. The highest BCUT2D eigenvalue weighted by Gasteiger charge is 2.12. The predicted octanol–water partition coefficient (Wildman–Crippen LogP) is 7.65. The third-order valence-electron chi connectivity index (χ3n) is 4.95. The molecule has 146 valence electrons. The molecule has 0 aromatic heterocycles. The number of ether oxygens (including phenoxy) is 1. The molecule has 0 amide bonds. The van der Waals surface area contributed by atoms with E-state index in [4.69, 9.17) is 27.9 Å². The molecule has 0 bridgehead atoms. The lowest BCUT2D eigenvalue weighted by atomic mass is 10.0. The van der Waals surface area contributed by atoms with Crippen LogP contribution >= 0.6 is 23.2 Å². The van der Waals surface area contributed by atoms with Gasteiger partial charge in [-0.15, -0.1) is 0 Å². The van der Waals surface area contributed by atoms with Crippen molar-refractivity contribution in [2.75, 3.05) is 5.32 Å². The van der Waals surface area contributed by atoms with Gasteiger partial charge in [-0.05, 0) is 48.0 Å². The first-order valence-electron chi connectivity index (χ1n) is 9.48. The van der Waals surface area contributed by atoms with Crippen LogP contribution in [0.4, 0.5) is 5.69 Å². The van der Waals surface area contributed by atoms with Crippen LogP contribution in [0.15, 0.2) is 78.9 Å². The second kappa shape index (κ2) is 8.77. The average Bonchev–Trinajstić information content (AvgIpc) is 2.73. The van der Waals surface area contributed by atoms with Gasteiger partial charge < -0.3 is 10.1 Å². The number of rotatable bonds is 6. The Kier molecular flexibility index (Phi) is 5.94. The van der Waals surface area contributed by atoms with Crippen molar-refractivity contribution < 1.29 is 4.74 Å². The average molecular weight is 422 g/mol. The number of hydrogen-bond donors (Lipinski definition) is 1. The minimum atomic E-state index is 0.314. The van der Waals surface area contributed by atoms with Crippen molar-refractivity contribution in [1.82, 2.24) is 0 Å². The van der Waals surface area contributed by atoms with Crippen LogP contribution in [0.5, 0.6) is 5.75 Å². The fraction of sp³-hybridized carbons (Fsp3) is 0.120. The molecule has 0 radical (unpaired) electrons. The molecule has 1 N–H and O–H groups in total. The Morgan fingerprint density at radius 3 is 2.24 bits per heavy atom. The molecule has 0 unspecified atom stereocenters. The van der Waals surface area contributed by atoms with Gasteiger partial charge in [-0.1, -0.05) is 77.3 Å². The van der Waals surface area contributed by atoms with Gasteiger partial charge >= 0.3 is 0 Å². The van der Waals surface area contributed by atoms with Crippen molar-refractivity contribution in [2.45, 2.75) is 20.1 Å². The maximum absolute atomic E-state index is 6.31. The summed E-state index contributed by atoms with van der Waals surface area (Å²) >= 11 is 12.6. The lowest BCUT2D eigenvalue weighted by molar-refractivity contribution is 0.304. The molecular weight excluding hydrogens is 401 g/mol. The summed E-state index contributed by atoms with van der Waals surface area (Å²) in [5, 5.41) is 7.07. The van der Waals surface area contributed by atoms with E-state index in [0.29, 0.717) is 23.2 Å². The summed E-state index contributed by atoms with van der Waals surface area (Å²) in [7, 11) is 0. The first-order valence-corrected chi connectivity index (χ1v) is 10.2. The van der Waals surface area contributed by atoms with E-state index in [9.17, 15) is 0 Å². The molecule has 0 saturated heterocycles. The summed E-state index contributed by atoms with van der Waals surface area (Å²) < 4.78 is 6.19. The molecule has 0 atom stereocenters. The monoisotopic (exact) mass is 421 g/mol. The van der Waals surface area contributed by atoms with Gasteiger partial charge in [0.15, 0.2) is 0 Å². The highest BCUT2D eigenvalue weighted by atomic mass is 35.5. The van der Waals surface area contributed by atoms with Crippen LogP contribution < -0.4 is 10.1 Å². The van der Waals surface area contributed by atoms with Crippen LogP contribution in [0.3, 0.4) is 0 Å². The van der Waals surface area contributed by atoms with Gasteiger partial charge in [0.25, 0.3) is 0 Å². The second-order valence-electron chi connectivity index (χ2n) is 6.97. The first kappa shape index (κ1) is 19.6. The molecule has 4 rings (SSSR count). The zero-order valence-electron chi connectivity index (χ0n) is 16.1. The first-order chi connectivity index (χ1) is 14.1. The highest BCUT2D eigenvalue weighted by Crippen LogP contribution is 2.31. The Morgan fingerprint density at radius 2 is 1.48 bits per heavy atom. The minimum Gasteiger partial charge on any atom is -0.488 e. The molecule has 0 saturated carbocycles. The van der Waals surface area contributed by atoms with E-state index < -0.39 is 0 Å². The number of nitrogens with one attached hydrogen (secondary N) is 1. The molecule has 0 aliphatic rings. The molecule has 0 fully saturated rings. The summed E-state index contributed by atoms with van der Waals surface area (Å²) in [5.41, 5.74) is 4.21. The lowest BCUT2D eigenvalue weighted by Gasteiger charge is -2.16. The topological polar surface area (TPSA) is 21.3 Å². The van der Waals surface area contributed by atoms with Crippen LogP contribution in [-0.4, -0.2) is 0 Å². The summed E-state index contributed by atoms with van der Waals surface area (Å²) in [6.07, 6.45) is 0. The number of benzene rings is 4. The fourth-order valence-electron chi connectivity index (χ4n) is 3.32. The molecule has 4 aromatic carbocycles. The van der Waals surface area contributed by atoms with Gasteiger partial charge in [0.1, 0.15) is 12.4 Å². The van der Waals surface area contributed by atoms with Gasteiger partial charge in [0, 0.05) is 33.4 Å². The van der Waals surface area contributed by atoms with Crippen LogP contribution in [0.2, 0.25) is 10.0 Å². The molecule has 29 heavy (non-hydrogen) atoms. The minimum absolute atomic E-state index is 0.314. The normalized spacial score (nSPS) is 10.9. The van der Waals surface area contributed by atoms with E-state index in [1.54, 1.807) is 0 Å². The van der Waals surface area contributed by atoms with Gasteiger partial charge in [0.2, 0.25) is 0 Å². The largest absolute Gasteiger partial charge is 0.488 e. The Morgan fingerprint density at radius 1 is 0.759 bits per heavy atom. The van der Waals surface area contributed by atoms with Crippen molar-refractivity contribution in [1.29, 1.82) is 0 Å². The Labute approximate surface area is 181 Å². The van der Waals surface area contributed by atoms with Crippen molar-refractivity contribution in [3.05, 3.63) is 106 Å². The standard InChI is InChI=1S/C25H21Cl2NO/c1-17-9-12-19(13-10-17)28-15-21-20-6-3-2-5-18(20)11-14-25(21)29-16-22-23(26)7-4-8-24(22)27/h2-14,28H,15-16H2,1H3. The quantitative estimate of drug-likeness (QED) is 0.345. The second-order valence-corrected chi connectivity index (χ2v) is 7.79. The number of aryl methyl sites for hydroxylation is 1. The summed E-state index contributed by atoms with van der Waals surface area (Å²) in [6, 6.07) is 26.3. The van der Waals surface area contributed by atoms with Gasteiger partial charge in [-0.2, -0.15) is 0 Å². The van der Waals surface area contributed by atoms with Crippen molar-refractivity contribution in [3.63, 3.8) is 0 Å². The third kappa shape index (κ3) is 4.50. The molecule has 0 spiro atoms. The van der Waals surface area contributed by atoms with Crippen LogP contribution in [0.25, 0.3) is 10.8 Å². The summed E-state index contributed by atoms with van der Waals surface area (Å²) in [4.78, 5) is 0. The Hall–Kier alpha value is -2.68. The number of hydrogen-bond acceptors (Lipinski definition) is 2. The molecule has 0 heterocycles. The van der Waals surface area contributed by atoms with E-state index in [1.165, 1.54) is 10.9 Å². The fourth-order valence-corrected chi connectivity index (χ4v) is 3.82. The van der Waals surface area contributed by atoms with Crippen molar-refractivity contribution >= 4 is 39.7 Å². The Bertz CT molecular complexity index is 1120. The van der Waals surface area contributed by atoms with Crippen LogP contribution in [0.1, 0.15) is 16.7 Å². The van der Waals surface area contributed by atoms with E-state index in [0.717, 1.165) is 28.0 Å². The van der Waals surface area contributed by atoms with Crippen LogP contribution in [0, 0.1) is 6.92 Å². The SMILES string of the molecule is Cc1ccc(NCc2c(OCc3c(Cl)cccc3Cl)ccc3ccccc23)cc1.